The van der Waals surface area contributed by atoms with Crippen molar-refractivity contribution in [2.75, 3.05) is 6.54 Å². The Bertz CT molecular complexity index is 540. The average molecular weight is 279 g/mol. The van der Waals surface area contributed by atoms with Crippen LogP contribution in [-0.4, -0.2) is 16.5 Å². The molecule has 1 N–H and O–H groups in total. The summed E-state index contributed by atoms with van der Waals surface area (Å²) in [6.07, 6.45) is 2.80. The first-order chi connectivity index (χ1) is 8.72. The molecule has 0 bridgehead atoms. The quantitative estimate of drug-likeness (QED) is 0.911. The van der Waals surface area contributed by atoms with Crippen LogP contribution in [0.25, 0.3) is 10.6 Å². The van der Waals surface area contributed by atoms with E-state index in [0.29, 0.717) is 0 Å². The summed E-state index contributed by atoms with van der Waals surface area (Å²) in [6.45, 7) is 6.15. The summed E-state index contributed by atoms with van der Waals surface area (Å²) in [4.78, 5) is 10.4. The first-order valence-corrected chi connectivity index (χ1v) is 8.01. The highest BCUT2D eigenvalue weighted by atomic mass is 32.1. The van der Waals surface area contributed by atoms with E-state index in [1.54, 1.807) is 22.7 Å². The van der Waals surface area contributed by atoms with Crippen LogP contribution in [0.5, 0.6) is 0 Å². The Balaban J connectivity index is 1.66. The molecule has 2 aromatic heterocycles. The van der Waals surface area contributed by atoms with Crippen LogP contribution in [0.3, 0.4) is 0 Å². The minimum atomic E-state index is 0.901. The first kappa shape index (κ1) is 12.3. The summed E-state index contributed by atoms with van der Waals surface area (Å²) in [5, 5.41) is 7.92. The second-order valence-electron chi connectivity index (χ2n) is 4.85. The fraction of sp³-hybridized carbons (Fsp3) is 0.538. The number of aryl methyl sites for hydroxylation is 2. The lowest BCUT2D eigenvalue weighted by atomic mass is 10.3. The molecule has 2 heterocycles. The van der Waals surface area contributed by atoms with E-state index in [-0.39, 0.29) is 0 Å². The molecule has 0 spiro atoms. The number of nitrogens with zero attached hydrogens (tertiary/aromatic N) is 2. The zero-order valence-corrected chi connectivity index (χ0v) is 12.3. The second-order valence-corrected chi connectivity index (χ2v) is 6.99. The average Bonchev–Trinajstić information content (AvgIpc) is 2.92. The van der Waals surface area contributed by atoms with E-state index in [2.05, 4.69) is 22.6 Å². The molecule has 3 nitrogen and oxygen atoms in total. The van der Waals surface area contributed by atoms with Crippen LogP contribution in [-0.2, 0) is 6.54 Å². The standard InChI is InChI=1S/C13H17N3S2/c1-8-13(18-9(2)15-8)11-7-17-12(16-11)6-14-5-10-3-4-10/h7,10,14H,3-6H2,1-2H3. The molecule has 1 aliphatic rings. The summed E-state index contributed by atoms with van der Waals surface area (Å²) in [6, 6.07) is 0. The van der Waals surface area contributed by atoms with Crippen molar-refractivity contribution in [3.63, 3.8) is 0 Å². The van der Waals surface area contributed by atoms with Gasteiger partial charge in [0.1, 0.15) is 5.01 Å². The fourth-order valence-corrected chi connectivity index (χ4v) is 3.68. The Morgan fingerprint density at radius 3 is 2.83 bits per heavy atom. The van der Waals surface area contributed by atoms with Crippen molar-refractivity contribution in [1.82, 2.24) is 15.3 Å². The Morgan fingerprint density at radius 1 is 1.33 bits per heavy atom. The zero-order valence-electron chi connectivity index (χ0n) is 10.7. The maximum Gasteiger partial charge on any atom is 0.107 e. The van der Waals surface area contributed by atoms with Crippen molar-refractivity contribution in [3.8, 4) is 10.6 Å². The van der Waals surface area contributed by atoms with Crippen LogP contribution >= 0.6 is 22.7 Å². The molecule has 1 saturated carbocycles. The van der Waals surface area contributed by atoms with Gasteiger partial charge >= 0.3 is 0 Å². The molecule has 2 aromatic rings. The number of hydrogen-bond acceptors (Lipinski definition) is 5. The normalized spacial score (nSPS) is 15.2. The van der Waals surface area contributed by atoms with Gasteiger partial charge in [-0.3, -0.25) is 0 Å². The number of hydrogen-bond donors (Lipinski definition) is 1. The molecule has 96 valence electrons. The van der Waals surface area contributed by atoms with Crippen molar-refractivity contribution >= 4 is 22.7 Å². The maximum atomic E-state index is 4.70. The molecular weight excluding hydrogens is 262 g/mol. The molecule has 5 heteroatoms. The van der Waals surface area contributed by atoms with Crippen molar-refractivity contribution < 1.29 is 0 Å². The van der Waals surface area contributed by atoms with Crippen LogP contribution in [0.4, 0.5) is 0 Å². The van der Waals surface area contributed by atoms with Gasteiger partial charge < -0.3 is 5.32 Å². The van der Waals surface area contributed by atoms with Crippen LogP contribution < -0.4 is 5.32 Å². The van der Waals surface area contributed by atoms with E-state index >= 15 is 0 Å². The van der Waals surface area contributed by atoms with Gasteiger partial charge in [0.15, 0.2) is 0 Å². The van der Waals surface area contributed by atoms with Crippen LogP contribution in [0.2, 0.25) is 0 Å². The van der Waals surface area contributed by atoms with Gasteiger partial charge in [0.05, 0.1) is 21.3 Å². The third-order valence-electron chi connectivity index (χ3n) is 3.09. The van der Waals surface area contributed by atoms with Gasteiger partial charge in [0.2, 0.25) is 0 Å². The molecule has 0 radical (unpaired) electrons. The summed E-state index contributed by atoms with van der Waals surface area (Å²) in [5.74, 6) is 0.927. The number of thiazole rings is 2. The monoisotopic (exact) mass is 279 g/mol. The number of nitrogens with one attached hydrogen (secondary N) is 1. The topological polar surface area (TPSA) is 37.8 Å². The summed E-state index contributed by atoms with van der Waals surface area (Å²) < 4.78 is 0. The minimum absolute atomic E-state index is 0.901. The molecule has 0 aliphatic heterocycles. The van der Waals surface area contributed by atoms with E-state index in [9.17, 15) is 0 Å². The molecule has 0 atom stereocenters. The Hall–Kier alpha value is -0.780. The van der Waals surface area contributed by atoms with Crippen molar-refractivity contribution in [1.29, 1.82) is 0 Å². The lowest BCUT2D eigenvalue weighted by Gasteiger charge is -1.99. The van der Waals surface area contributed by atoms with E-state index in [0.717, 1.165) is 35.4 Å². The lowest BCUT2D eigenvalue weighted by molar-refractivity contribution is 0.637. The SMILES string of the molecule is Cc1nc(C)c(-c2csc(CNCC3CC3)n2)s1. The summed E-state index contributed by atoms with van der Waals surface area (Å²) in [5.41, 5.74) is 2.19. The highest BCUT2D eigenvalue weighted by molar-refractivity contribution is 7.15. The van der Waals surface area contributed by atoms with Gasteiger partial charge in [-0.1, -0.05) is 0 Å². The van der Waals surface area contributed by atoms with E-state index in [1.807, 2.05) is 6.92 Å². The van der Waals surface area contributed by atoms with Gasteiger partial charge in [-0.15, -0.1) is 22.7 Å². The molecule has 3 rings (SSSR count). The summed E-state index contributed by atoms with van der Waals surface area (Å²) in [7, 11) is 0. The van der Waals surface area contributed by atoms with Crippen LogP contribution in [0, 0.1) is 19.8 Å². The van der Waals surface area contributed by atoms with Gasteiger partial charge in [0, 0.05) is 11.9 Å². The highest BCUT2D eigenvalue weighted by Gasteiger charge is 2.20. The molecule has 1 fully saturated rings. The fourth-order valence-electron chi connectivity index (χ4n) is 1.97. The van der Waals surface area contributed by atoms with Crippen molar-refractivity contribution in [2.45, 2.75) is 33.2 Å². The van der Waals surface area contributed by atoms with Crippen LogP contribution in [0.1, 0.15) is 28.6 Å². The minimum Gasteiger partial charge on any atom is -0.310 e. The maximum absolute atomic E-state index is 4.70. The largest absolute Gasteiger partial charge is 0.310 e. The molecule has 0 unspecified atom stereocenters. The second kappa shape index (κ2) is 5.07. The van der Waals surface area contributed by atoms with Crippen molar-refractivity contribution in [3.05, 3.63) is 21.1 Å². The highest BCUT2D eigenvalue weighted by Crippen LogP contribution is 2.31. The Labute approximate surface area is 115 Å². The molecule has 1 aliphatic carbocycles. The molecular formula is C13H17N3S2. The third-order valence-corrected chi connectivity index (χ3v) is 5.04. The predicted octanol–water partition coefficient (Wildman–Crippen LogP) is 3.38. The molecule has 0 aromatic carbocycles. The number of rotatable bonds is 5. The lowest BCUT2D eigenvalue weighted by Crippen LogP contribution is -2.15. The van der Waals surface area contributed by atoms with E-state index in [1.165, 1.54) is 22.7 Å². The van der Waals surface area contributed by atoms with Crippen molar-refractivity contribution in [2.24, 2.45) is 5.92 Å². The predicted molar refractivity (Wildman–Crippen MR) is 77.1 cm³/mol. The number of aromatic nitrogens is 2. The van der Waals surface area contributed by atoms with Crippen LogP contribution in [0.15, 0.2) is 5.38 Å². The van der Waals surface area contributed by atoms with E-state index < -0.39 is 0 Å². The smallest absolute Gasteiger partial charge is 0.107 e. The third kappa shape index (κ3) is 2.79. The first-order valence-electron chi connectivity index (χ1n) is 6.32. The molecule has 0 saturated heterocycles. The Kier molecular flexibility index (Phi) is 3.46. The van der Waals surface area contributed by atoms with E-state index in [4.69, 9.17) is 4.98 Å². The molecule has 0 amide bonds. The van der Waals surface area contributed by atoms with Gasteiger partial charge in [-0.05, 0) is 39.2 Å². The van der Waals surface area contributed by atoms with Gasteiger partial charge in [0.25, 0.3) is 0 Å². The molecule has 18 heavy (non-hydrogen) atoms. The Morgan fingerprint density at radius 2 is 2.17 bits per heavy atom. The summed E-state index contributed by atoms with van der Waals surface area (Å²) >= 11 is 3.47. The zero-order chi connectivity index (χ0) is 12.5. The van der Waals surface area contributed by atoms with Gasteiger partial charge in [-0.25, -0.2) is 9.97 Å². The van der Waals surface area contributed by atoms with Gasteiger partial charge in [-0.2, -0.15) is 0 Å².